The van der Waals surface area contributed by atoms with E-state index in [4.69, 9.17) is 5.21 Å². The number of rotatable bonds is 8. The molecule has 0 aromatic heterocycles. The topological polar surface area (TPSA) is 85.2 Å². The van der Waals surface area contributed by atoms with Gasteiger partial charge in [-0.25, -0.2) is 0 Å². The quantitative estimate of drug-likeness (QED) is 0.356. The molecule has 2 aliphatic rings. The van der Waals surface area contributed by atoms with E-state index in [1.807, 2.05) is 30.3 Å². The standard InChI is InChI=1S/C24H29N3O3/c28-22-9-8-20(16-19(22)10-13-25-30)24(11-12-24)23(29)26-21(17-27-14-4-5-15-27)18-6-2-1-3-7-18/h1-3,6-9,13,16,21,28,30H,4-5,10-12,14-15,17H2,(H,26,29). The number of nitrogens with zero attached hydrogens (tertiary/aromatic N) is 2. The first-order chi connectivity index (χ1) is 14.6. The smallest absolute Gasteiger partial charge is 0.231 e. The van der Waals surface area contributed by atoms with Gasteiger partial charge in [-0.3, -0.25) is 4.79 Å². The molecule has 1 unspecified atom stereocenters. The zero-order valence-electron chi connectivity index (χ0n) is 17.1. The molecule has 3 N–H and O–H groups in total. The van der Waals surface area contributed by atoms with Crippen LogP contribution in [0.2, 0.25) is 0 Å². The van der Waals surface area contributed by atoms with Crippen molar-refractivity contribution >= 4 is 12.1 Å². The number of carbonyl (C=O) groups is 1. The number of aromatic hydroxyl groups is 1. The molecule has 2 fully saturated rings. The molecule has 1 aliphatic heterocycles. The minimum atomic E-state index is -0.545. The second kappa shape index (κ2) is 8.88. The Morgan fingerprint density at radius 1 is 1.17 bits per heavy atom. The van der Waals surface area contributed by atoms with Gasteiger partial charge in [0, 0.05) is 19.2 Å². The van der Waals surface area contributed by atoms with Crippen molar-refractivity contribution in [2.45, 2.75) is 43.6 Å². The summed E-state index contributed by atoms with van der Waals surface area (Å²) in [6, 6.07) is 15.5. The summed E-state index contributed by atoms with van der Waals surface area (Å²) in [6.07, 6.45) is 5.67. The molecule has 2 aromatic rings. The molecule has 0 bridgehead atoms. The Morgan fingerprint density at radius 2 is 1.90 bits per heavy atom. The van der Waals surface area contributed by atoms with Crippen LogP contribution < -0.4 is 5.32 Å². The Morgan fingerprint density at radius 3 is 2.57 bits per heavy atom. The number of hydrogen-bond donors (Lipinski definition) is 3. The zero-order valence-corrected chi connectivity index (χ0v) is 17.1. The van der Waals surface area contributed by atoms with Crippen LogP contribution in [-0.4, -0.2) is 47.0 Å². The van der Waals surface area contributed by atoms with Crippen LogP contribution >= 0.6 is 0 Å². The van der Waals surface area contributed by atoms with E-state index in [0.29, 0.717) is 12.0 Å². The van der Waals surface area contributed by atoms with Crippen LogP contribution in [-0.2, 0) is 16.6 Å². The lowest BCUT2D eigenvalue weighted by Crippen LogP contribution is -2.41. The minimum Gasteiger partial charge on any atom is -0.508 e. The first kappa shape index (κ1) is 20.4. The molecule has 1 atom stereocenters. The van der Waals surface area contributed by atoms with Gasteiger partial charge in [0.2, 0.25) is 5.91 Å². The first-order valence-electron chi connectivity index (χ1n) is 10.7. The van der Waals surface area contributed by atoms with Gasteiger partial charge < -0.3 is 20.5 Å². The number of carbonyl (C=O) groups excluding carboxylic acids is 1. The Hall–Kier alpha value is -2.86. The Kier molecular flexibility index (Phi) is 6.04. The molecule has 6 heteroatoms. The Balaban J connectivity index is 1.54. The van der Waals surface area contributed by atoms with Gasteiger partial charge in [-0.05, 0) is 61.5 Å². The van der Waals surface area contributed by atoms with Gasteiger partial charge in [0.05, 0.1) is 11.5 Å². The molecule has 6 nitrogen and oxygen atoms in total. The maximum atomic E-state index is 13.4. The summed E-state index contributed by atoms with van der Waals surface area (Å²) < 4.78 is 0. The van der Waals surface area contributed by atoms with Crippen molar-refractivity contribution < 1.29 is 15.1 Å². The van der Waals surface area contributed by atoms with Crippen LogP contribution in [0, 0.1) is 0 Å². The second-order valence-electron chi connectivity index (χ2n) is 8.37. The molecule has 158 valence electrons. The number of amides is 1. The van der Waals surface area contributed by atoms with Crippen molar-refractivity contribution in [2.75, 3.05) is 19.6 Å². The van der Waals surface area contributed by atoms with Gasteiger partial charge in [0.25, 0.3) is 0 Å². The Bertz CT molecular complexity index is 903. The fourth-order valence-electron chi connectivity index (χ4n) is 4.40. The summed E-state index contributed by atoms with van der Waals surface area (Å²) in [5, 5.41) is 25.1. The number of nitrogens with one attached hydrogen (secondary N) is 1. The van der Waals surface area contributed by atoms with Crippen LogP contribution in [0.15, 0.2) is 53.7 Å². The molecule has 1 saturated heterocycles. The van der Waals surface area contributed by atoms with Crippen molar-refractivity contribution in [1.29, 1.82) is 0 Å². The second-order valence-corrected chi connectivity index (χ2v) is 8.37. The summed E-state index contributed by atoms with van der Waals surface area (Å²) in [4.78, 5) is 15.9. The van der Waals surface area contributed by atoms with Crippen molar-refractivity contribution in [3.8, 4) is 5.75 Å². The van der Waals surface area contributed by atoms with Gasteiger partial charge in [0.1, 0.15) is 5.75 Å². The zero-order chi connectivity index (χ0) is 21.0. The highest BCUT2D eigenvalue weighted by Gasteiger charge is 2.51. The predicted molar refractivity (Wildman–Crippen MR) is 116 cm³/mol. The number of oxime groups is 1. The van der Waals surface area contributed by atoms with Crippen molar-refractivity contribution in [2.24, 2.45) is 5.16 Å². The van der Waals surface area contributed by atoms with Crippen LogP contribution in [0.5, 0.6) is 5.75 Å². The van der Waals surface area contributed by atoms with E-state index in [2.05, 4.69) is 27.5 Å². The average molecular weight is 408 g/mol. The monoisotopic (exact) mass is 407 g/mol. The fourth-order valence-corrected chi connectivity index (χ4v) is 4.40. The molecule has 1 amide bonds. The van der Waals surface area contributed by atoms with Gasteiger partial charge in [-0.1, -0.05) is 42.5 Å². The SMILES string of the molecule is O=C(NC(CN1CCCC1)c1ccccc1)C1(c2ccc(O)c(CC=NO)c2)CC1. The summed E-state index contributed by atoms with van der Waals surface area (Å²) in [5.41, 5.74) is 2.14. The van der Waals surface area contributed by atoms with Gasteiger partial charge in [0.15, 0.2) is 0 Å². The van der Waals surface area contributed by atoms with E-state index in [0.717, 1.165) is 43.6 Å². The predicted octanol–water partition coefficient (Wildman–Crippen LogP) is 3.38. The largest absolute Gasteiger partial charge is 0.508 e. The van der Waals surface area contributed by atoms with Gasteiger partial charge in [-0.2, -0.15) is 0 Å². The van der Waals surface area contributed by atoms with Crippen LogP contribution in [0.3, 0.4) is 0 Å². The molecule has 1 heterocycles. The van der Waals surface area contributed by atoms with Gasteiger partial charge in [-0.15, -0.1) is 5.16 Å². The number of benzene rings is 2. The summed E-state index contributed by atoms with van der Waals surface area (Å²) in [5.74, 6) is 0.189. The van der Waals surface area contributed by atoms with Crippen molar-refractivity contribution in [3.63, 3.8) is 0 Å². The van der Waals surface area contributed by atoms with E-state index in [1.165, 1.54) is 19.1 Å². The maximum Gasteiger partial charge on any atom is 0.231 e. The first-order valence-corrected chi connectivity index (χ1v) is 10.7. The van der Waals surface area contributed by atoms with Crippen molar-refractivity contribution in [3.05, 3.63) is 65.2 Å². The maximum absolute atomic E-state index is 13.4. The van der Waals surface area contributed by atoms with E-state index in [-0.39, 0.29) is 17.7 Å². The van der Waals surface area contributed by atoms with Gasteiger partial charge >= 0.3 is 0 Å². The number of phenolic OH excluding ortho intramolecular Hbond substituents is 1. The summed E-state index contributed by atoms with van der Waals surface area (Å²) in [7, 11) is 0. The summed E-state index contributed by atoms with van der Waals surface area (Å²) in [6.45, 7) is 2.98. The number of hydrogen-bond acceptors (Lipinski definition) is 5. The molecule has 1 aliphatic carbocycles. The molecular weight excluding hydrogens is 378 g/mol. The highest BCUT2D eigenvalue weighted by atomic mass is 16.4. The minimum absolute atomic E-state index is 0.0445. The van der Waals surface area contributed by atoms with E-state index in [1.54, 1.807) is 6.07 Å². The highest BCUT2D eigenvalue weighted by Crippen LogP contribution is 2.49. The molecule has 0 radical (unpaired) electrons. The molecule has 30 heavy (non-hydrogen) atoms. The third-order valence-electron chi connectivity index (χ3n) is 6.36. The molecule has 4 rings (SSSR count). The molecule has 0 spiro atoms. The van der Waals surface area contributed by atoms with Crippen LogP contribution in [0.4, 0.5) is 0 Å². The lowest BCUT2D eigenvalue weighted by Gasteiger charge is -2.27. The lowest BCUT2D eigenvalue weighted by molar-refractivity contribution is -0.124. The molecule has 2 aromatic carbocycles. The third-order valence-corrected chi connectivity index (χ3v) is 6.36. The Labute approximate surface area is 177 Å². The molecular formula is C24H29N3O3. The normalized spacial score (nSPS) is 19.1. The molecule has 1 saturated carbocycles. The fraction of sp³-hybridized carbons (Fsp3) is 0.417. The highest BCUT2D eigenvalue weighted by molar-refractivity contribution is 5.91. The lowest BCUT2D eigenvalue weighted by atomic mass is 9.91. The number of likely N-dealkylation sites (tertiary alicyclic amines) is 1. The van der Waals surface area contributed by atoms with Crippen LogP contribution in [0.1, 0.15) is 48.4 Å². The summed E-state index contributed by atoms with van der Waals surface area (Å²) >= 11 is 0. The number of phenols is 1. The van der Waals surface area contributed by atoms with E-state index < -0.39 is 5.41 Å². The van der Waals surface area contributed by atoms with Crippen molar-refractivity contribution in [1.82, 2.24) is 10.2 Å². The average Bonchev–Trinajstić information content (AvgIpc) is 3.43. The van der Waals surface area contributed by atoms with E-state index >= 15 is 0 Å². The third kappa shape index (κ3) is 4.33. The van der Waals surface area contributed by atoms with E-state index in [9.17, 15) is 9.90 Å². The van der Waals surface area contributed by atoms with Crippen LogP contribution in [0.25, 0.3) is 0 Å².